The van der Waals surface area contributed by atoms with E-state index in [4.69, 9.17) is 0 Å². The number of hydrogen-bond donors (Lipinski definition) is 1. The number of rotatable bonds is 8. The van der Waals surface area contributed by atoms with Gasteiger partial charge in [-0.05, 0) is 12.3 Å². The van der Waals surface area contributed by atoms with Crippen LogP contribution in [0.1, 0.15) is 33.6 Å². The predicted molar refractivity (Wildman–Crippen MR) is 80.2 cm³/mol. The summed E-state index contributed by atoms with van der Waals surface area (Å²) in [4.78, 5) is 20.7. The van der Waals surface area contributed by atoms with Gasteiger partial charge in [0.25, 0.3) is 0 Å². The molecule has 0 aromatic carbocycles. The van der Waals surface area contributed by atoms with E-state index in [1.165, 1.54) is 6.20 Å². The second kappa shape index (κ2) is 7.62. The summed E-state index contributed by atoms with van der Waals surface area (Å²) in [6, 6.07) is 0. The maximum absolute atomic E-state index is 11.1. The molecule has 0 fully saturated rings. The molecule has 1 rings (SSSR count). The highest BCUT2D eigenvalue weighted by Crippen LogP contribution is 2.26. The van der Waals surface area contributed by atoms with Crippen LogP contribution in [0.25, 0.3) is 0 Å². The summed E-state index contributed by atoms with van der Waals surface area (Å²) in [6.45, 7) is 7.71. The topological polar surface area (TPSA) is 84.2 Å². The Morgan fingerprint density at radius 1 is 1.50 bits per heavy atom. The molecule has 1 aromatic heterocycles. The Kier molecular flexibility index (Phi) is 6.14. The van der Waals surface area contributed by atoms with Crippen molar-refractivity contribution in [3.05, 3.63) is 16.3 Å². The number of nitro groups is 1. The summed E-state index contributed by atoms with van der Waals surface area (Å²) in [5.74, 6) is 1.24. The van der Waals surface area contributed by atoms with E-state index in [-0.39, 0.29) is 5.69 Å². The van der Waals surface area contributed by atoms with Crippen molar-refractivity contribution in [1.29, 1.82) is 0 Å². The summed E-state index contributed by atoms with van der Waals surface area (Å²) in [6.07, 6.45) is 3.23. The predicted octanol–water partition coefficient (Wildman–Crippen LogP) is 2.69. The molecule has 0 amide bonds. The van der Waals surface area contributed by atoms with Crippen molar-refractivity contribution in [2.24, 2.45) is 5.92 Å². The highest BCUT2D eigenvalue weighted by atomic mass is 16.6. The van der Waals surface area contributed by atoms with E-state index >= 15 is 0 Å². The molecule has 0 aliphatic rings. The van der Waals surface area contributed by atoms with Gasteiger partial charge in [0.2, 0.25) is 11.8 Å². The third kappa shape index (κ3) is 4.32. The Morgan fingerprint density at radius 2 is 2.20 bits per heavy atom. The summed E-state index contributed by atoms with van der Waals surface area (Å²) in [5, 5.41) is 14.1. The van der Waals surface area contributed by atoms with Crippen LogP contribution in [-0.4, -0.2) is 35.0 Å². The number of nitrogens with zero attached hydrogens (tertiary/aromatic N) is 4. The van der Waals surface area contributed by atoms with Crippen LogP contribution in [0.4, 0.5) is 17.5 Å². The van der Waals surface area contributed by atoms with Crippen LogP contribution in [0.2, 0.25) is 0 Å². The Morgan fingerprint density at radius 3 is 2.75 bits per heavy atom. The molecule has 1 heterocycles. The molecule has 0 aliphatic carbocycles. The van der Waals surface area contributed by atoms with Crippen LogP contribution in [0.5, 0.6) is 0 Å². The molecule has 112 valence electrons. The van der Waals surface area contributed by atoms with Crippen LogP contribution in [0.15, 0.2) is 6.20 Å². The van der Waals surface area contributed by atoms with Crippen molar-refractivity contribution in [2.45, 2.75) is 33.6 Å². The maximum Gasteiger partial charge on any atom is 0.329 e. The lowest BCUT2D eigenvalue weighted by atomic mass is 10.1. The lowest BCUT2D eigenvalue weighted by Crippen LogP contribution is -2.26. The molecular formula is C13H23N5O2. The zero-order chi connectivity index (χ0) is 15.1. The van der Waals surface area contributed by atoms with Gasteiger partial charge in [-0.2, -0.15) is 4.98 Å². The molecule has 1 aromatic rings. The molecule has 1 atom stereocenters. The Labute approximate surface area is 119 Å². The standard InChI is InChI=1S/C13H23N5O2/c1-5-7-14-13-15-8-11(18(19)20)12(16-13)17(4)9-10(3)6-2/h8,10H,5-7,9H2,1-4H3,(H,14,15,16). The van der Waals surface area contributed by atoms with Gasteiger partial charge < -0.3 is 10.2 Å². The number of anilines is 2. The minimum absolute atomic E-state index is 0.0575. The highest BCUT2D eigenvalue weighted by molar-refractivity contribution is 5.58. The first-order chi connectivity index (χ1) is 9.49. The first-order valence-electron chi connectivity index (χ1n) is 6.96. The molecule has 1 unspecified atom stereocenters. The van der Waals surface area contributed by atoms with Gasteiger partial charge in [0.15, 0.2) is 0 Å². The minimum Gasteiger partial charge on any atom is -0.354 e. The van der Waals surface area contributed by atoms with Crippen molar-refractivity contribution < 1.29 is 4.92 Å². The minimum atomic E-state index is -0.438. The van der Waals surface area contributed by atoms with Crippen LogP contribution >= 0.6 is 0 Å². The van der Waals surface area contributed by atoms with E-state index < -0.39 is 4.92 Å². The SMILES string of the molecule is CCCNc1ncc([N+](=O)[O-])c(N(C)CC(C)CC)n1. The van der Waals surface area contributed by atoms with Gasteiger partial charge in [0.05, 0.1) is 4.92 Å². The molecule has 0 bridgehead atoms. The molecule has 0 radical (unpaired) electrons. The van der Waals surface area contributed by atoms with E-state index in [1.807, 2.05) is 18.9 Å². The zero-order valence-corrected chi connectivity index (χ0v) is 12.6. The van der Waals surface area contributed by atoms with Crippen LogP contribution in [0, 0.1) is 16.0 Å². The molecule has 7 heteroatoms. The summed E-state index contributed by atoms with van der Waals surface area (Å²) < 4.78 is 0. The monoisotopic (exact) mass is 281 g/mol. The van der Waals surface area contributed by atoms with Crippen LogP contribution < -0.4 is 10.2 Å². The average molecular weight is 281 g/mol. The Bertz CT molecular complexity index is 452. The molecular weight excluding hydrogens is 258 g/mol. The molecule has 0 saturated heterocycles. The Hall–Kier alpha value is -1.92. The lowest BCUT2D eigenvalue weighted by Gasteiger charge is -2.21. The third-order valence-electron chi connectivity index (χ3n) is 3.12. The third-order valence-corrected chi connectivity index (χ3v) is 3.12. The molecule has 20 heavy (non-hydrogen) atoms. The highest BCUT2D eigenvalue weighted by Gasteiger charge is 2.21. The molecule has 0 aliphatic heterocycles. The fraction of sp³-hybridized carbons (Fsp3) is 0.692. The largest absolute Gasteiger partial charge is 0.354 e. The molecule has 1 N–H and O–H groups in total. The first kappa shape index (κ1) is 16.1. The molecule has 7 nitrogen and oxygen atoms in total. The fourth-order valence-corrected chi connectivity index (χ4v) is 1.78. The normalized spacial score (nSPS) is 12.0. The Balaban J connectivity index is 3.01. The second-order valence-electron chi connectivity index (χ2n) is 4.98. The molecule has 0 spiro atoms. The van der Waals surface area contributed by atoms with E-state index in [9.17, 15) is 10.1 Å². The van der Waals surface area contributed by atoms with Crippen molar-refractivity contribution in [1.82, 2.24) is 9.97 Å². The number of nitrogens with one attached hydrogen (secondary N) is 1. The van der Waals surface area contributed by atoms with Gasteiger partial charge >= 0.3 is 5.69 Å². The second-order valence-corrected chi connectivity index (χ2v) is 4.98. The number of aromatic nitrogens is 2. The first-order valence-corrected chi connectivity index (χ1v) is 6.96. The smallest absolute Gasteiger partial charge is 0.329 e. The fourth-order valence-electron chi connectivity index (χ4n) is 1.78. The van der Waals surface area contributed by atoms with E-state index in [0.717, 1.165) is 25.9 Å². The van der Waals surface area contributed by atoms with Crippen LogP contribution in [0.3, 0.4) is 0 Å². The lowest BCUT2D eigenvalue weighted by molar-refractivity contribution is -0.384. The average Bonchev–Trinajstić information content (AvgIpc) is 2.44. The zero-order valence-electron chi connectivity index (χ0n) is 12.6. The van der Waals surface area contributed by atoms with Crippen molar-refractivity contribution in [3.8, 4) is 0 Å². The maximum atomic E-state index is 11.1. The van der Waals surface area contributed by atoms with Crippen molar-refractivity contribution in [2.75, 3.05) is 30.4 Å². The van der Waals surface area contributed by atoms with Gasteiger partial charge in [0.1, 0.15) is 6.20 Å². The van der Waals surface area contributed by atoms with E-state index in [2.05, 4.69) is 29.1 Å². The van der Waals surface area contributed by atoms with E-state index in [1.54, 1.807) is 0 Å². The van der Waals surface area contributed by atoms with Crippen molar-refractivity contribution in [3.63, 3.8) is 0 Å². The van der Waals surface area contributed by atoms with Gasteiger partial charge in [-0.1, -0.05) is 27.2 Å². The molecule has 0 saturated carbocycles. The van der Waals surface area contributed by atoms with Crippen molar-refractivity contribution >= 4 is 17.5 Å². The van der Waals surface area contributed by atoms with Gasteiger partial charge in [-0.25, -0.2) is 4.98 Å². The van der Waals surface area contributed by atoms with Crippen LogP contribution in [-0.2, 0) is 0 Å². The quantitative estimate of drug-likeness (QED) is 0.582. The van der Waals surface area contributed by atoms with Gasteiger partial charge in [-0.3, -0.25) is 10.1 Å². The van der Waals surface area contributed by atoms with E-state index in [0.29, 0.717) is 17.7 Å². The summed E-state index contributed by atoms with van der Waals surface area (Å²) in [7, 11) is 1.82. The summed E-state index contributed by atoms with van der Waals surface area (Å²) in [5.41, 5.74) is -0.0575. The van der Waals surface area contributed by atoms with Gasteiger partial charge in [-0.15, -0.1) is 0 Å². The van der Waals surface area contributed by atoms with Gasteiger partial charge in [0, 0.05) is 20.1 Å². The number of hydrogen-bond acceptors (Lipinski definition) is 6. The summed E-state index contributed by atoms with van der Waals surface area (Å²) >= 11 is 0.